The summed E-state index contributed by atoms with van der Waals surface area (Å²) >= 11 is 0. The van der Waals surface area contributed by atoms with Crippen molar-refractivity contribution < 1.29 is 9.59 Å². The zero-order chi connectivity index (χ0) is 17.9. The molecule has 0 spiro atoms. The first-order chi connectivity index (χ1) is 12.7. The molecule has 0 heterocycles. The summed E-state index contributed by atoms with van der Waals surface area (Å²) in [6, 6.07) is 26.6. The van der Waals surface area contributed by atoms with Crippen molar-refractivity contribution in [1.82, 2.24) is 0 Å². The van der Waals surface area contributed by atoms with Crippen LogP contribution in [-0.2, 0) is 9.59 Å². The summed E-state index contributed by atoms with van der Waals surface area (Å²) in [5, 5.41) is 9.18. The smallest absolute Gasteiger partial charge is 0.314 e. The Morgan fingerprint density at radius 3 is 1.35 bits per heavy atom. The lowest BCUT2D eigenvalue weighted by Crippen LogP contribution is -2.29. The van der Waals surface area contributed by atoms with Gasteiger partial charge in [-0.05, 0) is 22.9 Å². The molecule has 0 aliphatic carbocycles. The third-order valence-corrected chi connectivity index (χ3v) is 4.28. The maximum absolute atomic E-state index is 12.4. The standard InChI is InChI=1S/C22H16N2O2/c25-21(23-19-13-5-9-15-7-1-3-11-17(15)19)22(26)24-20-14-6-10-16-8-2-4-12-18(16)20/h1-14H,(H,23,25)(H,24,26). The zero-order valence-corrected chi connectivity index (χ0v) is 13.9. The molecular formula is C22H16N2O2. The van der Waals surface area contributed by atoms with Crippen molar-refractivity contribution >= 4 is 44.7 Å². The molecular weight excluding hydrogens is 324 g/mol. The molecule has 0 fully saturated rings. The van der Waals surface area contributed by atoms with Crippen LogP contribution in [0.3, 0.4) is 0 Å². The number of rotatable bonds is 2. The summed E-state index contributed by atoms with van der Waals surface area (Å²) in [5.74, 6) is -1.40. The lowest BCUT2D eigenvalue weighted by Gasteiger charge is -2.10. The van der Waals surface area contributed by atoms with Gasteiger partial charge in [-0.15, -0.1) is 0 Å². The van der Waals surface area contributed by atoms with Crippen LogP contribution in [-0.4, -0.2) is 11.8 Å². The highest BCUT2D eigenvalue weighted by molar-refractivity contribution is 6.44. The highest BCUT2D eigenvalue weighted by Crippen LogP contribution is 2.24. The van der Waals surface area contributed by atoms with E-state index in [0.29, 0.717) is 11.4 Å². The number of amides is 2. The van der Waals surface area contributed by atoms with Crippen LogP contribution in [0, 0.1) is 0 Å². The quantitative estimate of drug-likeness (QED) is 0.525. The Morgan fingerprint density at radius 1 is 0.500 bits per heavy atom. The summed E-state index contributed by atoms with van der Waals surface area (Å²) in [6.07, 6.45) is 0. The van der Waals surface area contributed by atoms with Gasteiger partial charge in [0.15, 0.2) is 0 Å². The Hall–Kier alpha value is -3.66. The molecule has 0 aliphatic rings. The lowest BCUT2D eigenvalue weighted by atomic mass is 10.1. The minimum Gasteiger partial charge on any atom is -0.317 e. The molecule has 2 amide bonds. The molecule has 4 aromatic carbocycles. The molecule has 4 heteroatoms. The Labute approximate surface area is 150 Å². The number of benzene rings is 4. The molecule has 0 saturated heterocycles. The van der Waals surface area contributed by atoms with Crippen molar-refractivity contribution in [3.8, 4) is 0 Å². The summed E-state index contributed by atoms with van der Waals surface area (Å²) in [6.45, 7) is 0. The third kappa shape index (κ3) is 3.00. The molecule has 0 aliphatic heterocycles. The van der Waals surface area contributed by atoms with Gasteiger partial charge in [-0.25, -0.2) is 0 Å². The van der Waals surface area contributed by atoms with E-state index in [-0.39, 0.29) is 0 Å². The van der Waals surface area contributed by atoms with Crippen molar-refractivity contribution in [3.63, 3.8) is 0 Å². The Bertz CT molecular complexity index is 1030. The number of nitrogens with one attached hydrogen (secondary N) is 2. The molecule has 0 radical (unpaired) electrons. The van der Waals surface area contributed by atoms with Gasteiger partial charge in [-0.1, -0.05) is 72.8 Å². The number of hydrogen-bond acceptors (Lipinski definition) is 2. The van der Waals surface area contributed by atoms with E-state index in [1.807, 2.05) is 72.8 Å². The van der Waals surface area contributed by atoms with E-state index >= 15 is 0 Å². The number of fused-ring (bicyclic) bond motifs is 2. The van der Waals surface area contributed by atoms with E-state index in [0.717, 1.165) is 21.5 Å². The molecule has 126 valence electrons. The predicted molar refractivity (Wildman–Crippen MR) is 105 cm³/mol. The number of carbonyl (C=O) groups excluding carboxylic acids is 2. The van der Waals surface area contributed by atoms with Crippen LogP contribution in [0.1, 0.15) is 0 Å². The van der Waals surface area contributed by atoms with Crippen LogP contribution in [0.5, 0.6) is 0 Å². The van der Waals surface area contributed by atoms with Gasteiger partial charge >= 0.3 is 11.8 Å². The minimum absolute atomic E-state index is 0.612. The summed E-state index contributed by atoms with van der Waals surface area (Å²) in [7, 11) is 0. The average molecular weight is 340 g/mol. The van der Waals surface area contributed by atoms with Gasteiger partial charge in [0.1, 0.15) is 0 Å². The fourth-order valence-corrected chi connectivity index (χ4v) is 3.03. The van der Waals surface area contributed by atoms with Crippen LogP contribution < -0.4 is 10.6 Å². The maximum atomic E-state index is 12.4. The summed E-state index contributed by atoms with van der Waals surface area (Å²) in [4.78, 5) is 24.7. The number of hydrogen-bond donors (Lipinski definition) is 2. The fourth-order valence-electron chi connectivity index (χ4n) is 3.03. The molecule has 0 aromatic heterocycles. The van der Waals surface area contributed by atoms with Crippen molar-refractivity contribution in [2.75, 3.05) is 10.6 Å². The van der Waals surface area contributed by atoms with Crippen LogP contribution in [0.15, 0.2) is 84.9 Å². The van der Waals surface area contributed by atoms with Gasteiger partial charge in [0.2, 0.25) is 0 Å². The van der Waals surface area contributed by atoms with Crippen molar-refractivity contribution in [3.05, 3.63) is 84.9 Å². The monoisotopic (exact) mass is 340 g/mol. The first-order valence-corrected chi connectivity index (χ1v) is 8.30. The molecule has 4 nitrogen and oxygen atoms in total. The van der Waals surface area contributed by atoms with Crippen LogP contribution in [0.25, 0.3) is 21.5 Å². The summed E-state index contributed by atoms with van der Waals surface area (Å²) in [5.41, 5.74) is 1.22. The van der Waals surface area contributed by atoms with Gasteiger partial charge < -0.3 is 10.6 Å². The summed E-state index contributed by atoms with van der Waals surface area (Å²) < 4.78 is 0. The highest BCUT2D eigenvalue weighted by atomic mass is 16.2. The normalized spacial score (nSPS) is 10.6. The third-order valence-electron chi connectivity index (χ3n) is 4.28. The first-order valence-electron chi connectivity index (χ1n) is 8.30. The van der Waals surface area contributed by atoms with E-state index in [1.165, 1.54) is 0 Å². The second-order valence-corrected chi connectivity index (χ2v) is 5.96. The molecule has 2 N–H and O–H groups in total. The molecule has 0 unspecified atom stereocenters. The van der Waals surface area contributed by atoms with Gasteiger partial charge in [0, 0.05) is 22.1 Å². The molecule has 0 bridgehead atoms. The topological polar surface area (TPSA) is 58.2 Å². The molecule has 0 saturated carbocycles. The Kier molecular flexibility index (Phi) is 4.07. The van der Waals surface area contributed by atoms with Crippen molar-refractivity contribution in [2.24, 2.45) is 0 Å². The molecule has 26 heavy (non-hydrogen) atoms. The minimum atomic E-state index is -0.700. The van der Waals surface area contributed by atoms with Gasteiger partial charge in [0.05, 0.1) is 0 Å². The molecule has 4 rings (SSSR count). The fraction of sp³-hybridized carbons (Fsp3) is 0. The van der Waals surface area contributed by atoms with Crippen LogP contribution >= 0.6 is 0 Å². The lowest BCUT2D eigenvalue weighted by molar-refractivity contribution is -0.132. The largest absolute Gasteiger partial charge is 0.317 e. The Balaban J connectivity index is 1.57. The van der Waals surface area contributed by atoms with E-state index in [9.17, 15) is 9.59 Å². The second-order valence-electron chi connectivity index (χ2n) is 5.96. The Morgan fingerprint density at radius 2 is 0.885 bits per heavy atom. The SMILES string of the molecule is O=C(Nc1cccc2ccccc12)C(=O)Nc1cccc2ccccc12. The van der Waals surface area contributed by atoms with E-state index in [4.69, 9.17) is 0 Å². The zero-order valence-electron chi connectivity index (χ0n) is 13.9. The van der Waals surface area contributed by atoms with Gasteiger partial charge in [-0.2, -0.15) is 0 Å². The highest BCUT2D eigenvalue weighted by Gasteiger charge is 2.16. The second kappa shape index (κ2) is 6.69. The first kappa shape index (κ1) is 15.8. The number of anilines is 2. The van der Waals surface area contributed by atoms with E-state index in [1.54, 1.807) is 12.1 Å². The van der Waals surface area contributed by atoms with Gasteiger partial charge in [0.25, 0.3) is 0 Å². The van der Waals surface area contributed by atoms with Crippen LogP contribution in [0.4, 0.5) is 11.4 Å². The predicted octanol–water partition coefficient (Wildman–Crippen LogP) is 4.57. The number of carbonyl (C=O) groups is 2. The van der Waals surface area contributed by atoms with Crippen LogP contribution in [0.2, 0.25) is 0 Å². The molecule has 4 aromatic rings. The molecule has 0 atom stereocenters. The average Bonchev–Trinajstić information content (AvgIpc) is 2.68. The van der Waals surface area contributed by atoms with Crippen molar-refractivity contribution in [2.45, 2.75) is 0 Å². The van der Waals surface area contributed by atoms with Crippen molar-refractivity contribution in [1.29, 1.82) is 0 Å². The maximum Gasteiger partial charge on any atom is 0.314 e. The van der Waals surface area contributed by atoms with Gasteiger partial charge in [-0.3, -0.25) is 9.59 Å². The van der Waals surface area contributed by atoms with E-state index < -0.39 is 11.8 Å². The van der Waals surface area contributed by atoms with E-state index in [2.05, 4.69) is 10.6 Å².